The Morgan fingerprint density at radius 1 is 0.943 bits per heavy atom. The van der Waals surface area contributed by atoms with Crippen molar-refractivity contribution in [1.29, 1.82) is 0 Å². The monoisotopic (exact) mass is 462 g/mol. The van der Waals surface area contributed by atoms with Crippen LogP contribution in [0.3, 0.4) is 0 Å². The zero-order valence-electron chi connectivity index (χ0n) is 19.8. The number of anilines is 2. The molecule has 0 amide bonds. The largest absolute Gasteiger partial charge is 0.398 e. The number of piperazine rings is 1. The molecule has 0 bridgehead atoms. The number of carbonyl (C=O) groups is 1. The van der Waals surface area contributed by atoms with Crippen molar-refractivity contribution in [1.82, 2.24) is 10.3 Å². The summed E-state index contributed by atoms with van der Waals surface area (Å²) >= 11 is 0. The third-order valence-corrected chi connectivity index (χ3v) is 7.19. The molecule has 4 aromatic rings. The van der Waals surface area contributed by atoms with Gasteiger partial charge >= 0.3 is 0 Å². The molecule has 5 nitrogen and oxygen atoms in total. The fourth-order valence-corrected chi connectivity index (χ4v) is 5.03. The van der Waals surface area contributed by atoms with Crippen LogP contribution < -0.4 is 16.0 Å². The van der Waals surface area contributed by atoms with Crippen LogP contribution in [0.2, 0.25) is 0 Å². The molecule has 1 saturated carbocycles. The maximum Gasteiger partial charge on any atom is 0.167 e. The summed E-state index contributed by atoms with van der Waals surface area (Å²) in [4.78, 5) is 20.9. The Balaban J connectivity index is 1.32. The third kappa shape index (κ3) is 4.52. The summed E-state index contributed by atoms with van der Waals surface area (Å²) in [6.07, 6.45) is 2.62. The van der Waals surface area contributed by atoms with Gasteiger partial charge in [-0.15, -0.1) is 0 Å². The predicted molar refractivity (Wildman–Crippen MR) is 143 cm³/mol. The molecule has 0 atom stereocenters. The van der Waals surface area contributed by atoms with Gasteiger partial charge in [-0.3, -0.25) is 4.79 Å². The van der Waals surface area contributed by atoms with E-state index in [1.807, 2.05) is 42.5 Å². The molecule has 5 heteroatoms. The van der Waals surface area contributed by atoms with E-state index < -0.39 is 0 Å². The Kier molecular flexibility index (Phi) is 5.71. The minimum atomic E-state index is 0.0943. The minimum Gasteiger partial charge on any atom is -0.398 e. The number of ketones is 1. The first-order chi connectivity index (χ1) is 17.2. The number of fused-ring (bicyclic) bond motifs is 1. The lowest BCUT2D eigenvalue weighted by molar-refractivity contribution is 0.0993. The van der Waals surface area contributed by atoms with E-state index in [4.69, 9.17) is 10.7 Å². The van der Waals surface area contributed by atoms with Gasteiger partial charge in [0.25, 0.3) is 0 Å². The molecule has 0 radical (unpaired) electrons. The topological polar surface area (TPSA) is 71.2 Å². The van der Waals surface area contributed by atoms with E-state index in [1.54, 1.807) is 0 Å². The Morgan fingerprint density at radius 3 is 2.51 bits per heavy atom. The molecule has 3 aromatic carbocycles. The van der Waals surface area contributed by atoms with E-state index in [0.717, 1.165) is 65.2 Å². The number of aromatic nitrogens is 1. The Labute approximate surface area is 206 Å². The van der Waals surface area contributed by atoms with Gasteiger partial charge in [-0.1, -0.05) is 36.4 Å². The summed E-state index contributed by atoms with van der Waals surface area (Å²) < 4.78 is 0. The standard InChI is InChI=1S/C30H30N4O/c31-27-10-8-22(20-4-2-1-3-5-20)16-24(27)19-28(35)25-17-23-9-11-29(34-14-12-32-13-15-34)33-30(23)26(18-25)21-6-7-21/h1-5,8-11,16-18,21,32H,6-7,12-15,19,31H2. The second-order valence-corrected chi connectivity index (χ2v) is 9.70. The van der Waals surface area contributed by atoms with Gasteiger partial charge in [0.05, 0.1) is 5.52 Å². The lowest BCUT2D eigenvalue weighted by Crippen LogP contribution is -2.43. The van der Waals surface area contributed by atoms with Crippen LogP contribution >= 0.6 is 0 Å². The molecule has 176 valence electrons. The molecular weight excluding hydrogens is 432 g/mol. The fourth-order valence-electron chi connectivity index (χ4n) is 5.03. The van der Waals surface area contributed by atoms with Crippen LogP contribution in [0, 0.1) is 0 Å². The first-order valence-electron chi connectivity index (χ1n) is 12.5. The van der Waals surface area contributed by atoms with E-state index >= 15 is 0 Å². The molecule has 3 N–H and O–H groups in total. The molecule has 0 unspecified atom stereocenters. The van der Waals surface area contributed by atoms with Gasteiger partial charge in [0.2, 0.25) is 0 Å². The SMILES string of the molecule is Nc1ccc(-c2ccccc2)cc1CC(=O)c1cc(C2CC2)c2nc(N3CCNCC3)ccc2c1. The van der Waals surface area contributed by atoms with Crippen LogP contribution in [-0.4, -0.2) is 36.9 Å². The predicted octanol–water partition coefficient (Wildman–Crippen LogP) is 5.20. The number of nitrogen functional groups attached to an aromatic ring is 1. The molecule has 1 saturated heterocycles. The van der Waals surface area contributed by atoms with Gasteiger partial charge in [-0.2, -0.15) is 0 Å². The summed E-state index contributed by atoms with van der Waals surface area (Å²) in [5.41, 5.74) is 13.0. The molecule has 2 fully saturated rings. The second kappa shape index (κ2) is 9.16. The summed E-state index contributed by atoms with van der Waals surface area (Å²) in [5.74, 6) is 1.63. The molecule has 1 aromatic heterocycles. The number of hydrogen-bond acceptors (Lipinski definition) is 5. The van der Waals surface area contributed by atoms with Crippen LogP contribution in [0.1, 0.15) is 40.2 Å². The molecule has 6 rings (SSSR count). The average Bonchev–Trinajstić information content (AvgIpc) is 3.75. The van der Waals surface area contributed by atoms with Gasteiger partial charge in [0, 0.05) is 49.2 Å². The highest BCUT2D eigenvalue weighted by Crippen LogP contribution is 2.43. The Bertz CT molecular complexity index is 1390. The van der Waals surface area contributed by atoms with Crippen molar-refractivity contribution in [3.63, 3.8) is 0 Å². The van der Waals surface area contributed by atoms with Gasteiger partial charge in [0.15, 0.2) is 5.78 Å². The van der Waals surface area contributed by atoms with Crippen LogP contribution in [0.5, 0.6) is 0 Å². The van der Waals surface area contributed by atoms with Crippen molar-refractivity contribution >= 4 is 28.2 Å². The van der Waals surface area contributed by atoms with Crippen LogP contribution in [0.4, 0.5) is 11.5 Å². The summed E-state index contributed by atoms with van der Waals surface area (Å²) in [6, 6.07) is 24.5. The quantitative estimate of drug-likeness (QED) is 0.305. The lowest BCUT2D eigenvalue weighted by Gasteiger charge is -2.28. The van der Waals surface area contributed by atoms with Crippen molar-refractivity contribution in [3.05, 3.63) is 89.5 Å². The molecule has 1 aliphatic heterocycles. The number of nitrogens with one attached hydrogen (secondary N) is 1. The number of nitrogens with two attached hydrogens (primary N) is 1. The van der Waals surface area contributed by atoms with E-state index in [2.05, 4.69) is 40.5 Å². The fraction of sp³-hybridized carbons (Fsp3) is 0.267. The number of Topliss-reactive ketones (excluding diaryl/α,β-unsaturated/α-hetero) is 1. The summed E-state index contributed by atoms with van der Waals surface area (Å²) in [6.45, 7) is 3.91. The average molecular weight is 463 g/mol. The number of nitrogens with zero attached hydrogens (tertiary/aromatic N) is 2. The van der Waals surface area contributed by atoms with Gasteiger partial charge in [-0.05, 0) is 77.4 Å². The summed E-state index contributed by atoms with van der Waals surface area (Å²) in [7, 11) is 0. The molecule has 1 aliphatic carbocycles. The smallest absolute Gasteiger partial charge is 0.167 e. The minimum absolute atomic E-state index is 0.0943. The molecule has 35 heavy (non-hydrogen) atoms. The second-order valence-electron chi connectivity index (χ2n) is 9.70. The summed E-state index contributed by atoms with van der Waals surface area (Å²) in [5, 5.41) is 4.45. The Hall–Kier alpha value is -3.70. The van der Waals surface area contributed by atoms with Crippen LogP contribution in [0.15, 0.2) is 72.8 Å². The zero-order valence-corrected chi connectivity index (χ0v) is 19.8. The number of hydrogen-bond donors (Lipinski definition) is 2. The van der Waals surface area contributed by atoms with Crippen molar-refractivity contribution < 1.29 is 4.79 Å². The molecule has 2 aliphatic rings. The number of benzene rings is 3. The van der Waals surface area contributed by atoms with E-state index in [0.29, 0.717) is 11.6 Å². The van der Waals surface area contributed by atoms with Crippen LogP contribution in [-0.2, 0) is 6.42 Å². The number of carbonyl (C=O) groups excluding carboxylic acids is 1. The Morgan fingerprint density at radius 2 is 1.74 bits per heavy atom. The van der Waals surface area contributed by atoms with E-state index in [-0.39, 0.29) is 12.2 Å². The highest BCUT2D eigenvalue weighted by molar-refractivity contribution is 6.02. The molecule has 0 spiro atoms. The van der Waals surface area contributed by atoms with Gasteiger partial charge in [-0.25, -0.2) is 4.98 Å². The number of rotatable bonds is 6. The maximum atomic E-state index is 13.5. The first kappa shape index (κ1) is 21.8. The lowest BCUT2D eigenvalue weighted by atomic mass is 9.94. The normalized spacial score (nSPS) is 15.9. The molecular formula is C30H30N4O. The number of pyridine rings is 1. The maximum absolute atomic E-state index is 13.5. The highest BCUT2D eigenvalue weighted by atomic mass is 16.1. The zero-order chi connectivity index (χ0) is 23.8. The van der Waals surface area contributed by atoms with Crippen LogP contribution in [0.25, 0.3) is 22.0 Å². The van der Waals surface area contributed by atoms with Crippen molar-refractivity contribution in [2.24, 2.45) is 0 Å². The first-order valence-corrected chi connectivity index (χ1v) is 12.5. The van der Waals surface area contributed by atoms with Crippen molar-refractivity contribution in [2.75, 3.05) is 36.8 Å². The van der Waals surface area contributed by atoms with E-state index in [9.17, 15) is 4.79 Å². The third-order valence-electron chi connectivity index (χ3n) is 7.19. The van der Waals surface area contributed by atoms with E-state index in [1.165, 1.54) is 18.4 Å². The van der Waals surface area contributed by atoms with Gasteiger partial charge in [0.1, 0.15) is 5.82 Å². The highest BCUT2D eigenvalue weighted by Gasteiger charge is 2.28. The van der Waals surface area contributed by atoms with Gasteiger partial charge < -0.3 is 16.0 Å². The molecule has 2 heterocycles. The van der Waals surface area contributed by atoms with Crippen molar-refractivity contribution in [3.8, 4) is 11.1 Å². The van der Waals surface area contributed by atoms with Crippen molar-refractivity contribution in [2.45, 2.75) is 25.2 Å².